The molecule has 178 valence electrons. The van der Waals surface area contributed by atoms with Gasteiger partial charge in [-0.3, -0.25) is 9.36 Å². The summed E-state index contributed by atoms with van der Waals surface area (Å²) in [5.41, 5.74) is 3.24. The molecule has 6 nitrogen and oxygen atoms in total. The van der Waals surface area contributed by atoms with Crippen LogP contribution < -0.4 is 5.69 Å². The minimum absolute atomic E-state index is 0.0688. The van der Waals surface area contributed by atoms with Crippen LogP contribution in [0.3, 0.4) is 0 Å². The number of rotatable bonds is 7. The molecule has 0 bridgehead atoms. The fourth-order valence-corrected chi connectivity index (χ4v) is 4.86. The Bertz CT molecular complexity index is 1230. The lowest BCUT2D eigenvalue weighted by molar-refractivity contribution is 0.0697. The number of aromatic carboxylic acids is 1. The molecule has 0 saturated heterocycles. The number of hydrogen-bond acceptors (Lipinski definition) is 3. The zero-order chi connectivity index (χ0) is 24.2. The molecule has 1 saturated carbocycles. The summed E-state index contributed by atoms with van der Waals surface area (Å²) in [5.74, 6) is -0.961. The van der Waals surface area contributed by atoms with Crippen LogP contribution in [0.5, 0.6) is 0 Å². The van der Waals surface area contributed by atoms with E-state index in [1.807, 2.05) is 30.3 Å². The highest BCUT2D eigenvalue weighted by atomic mass is 16.4. The van der Waals surface area contributed by atoms with Crippen molar-refractivity contribution in [3.8, 4) is 11.1 Å². The van der Waals surface area contributed by atoms with Gasteiger partial charge in [0.25, 0.3) is 0 Å². The standard InChI is InChI=1S/C28H32N2O4/c1-3-19(2)25-18-30(26(31)22-9-5-4-6-10-22)28(34)29(25)17-20-13-15-21(16-14-20)23-11-7-8-12-24(23)27(32)33/h7-8,11-16,18-19,22H,3-6,9-10,17H2,1-2H3,(H,32,33). The second kappa shape index (κ2) is 10.2. The predicted molar refractivity (Wildman–Crippen MR) is 133 cm³/mol. The van der Waals surface area contributed by atoms with Gasteiger partial charge in [0.1, 0.15) is 0 Å². The molecule has 4 rings (SSSR count). The van der Waals surface area contributed by atoms with Crippen LogP contribution in [0.4, 0.5) is 0 Å². The van der Waals surface area contributed by atoms with E-state index in [1.165, 1.54) is 4.57 Å². The highest BCUT2D eigenvalue weighted by Crippen LogP contribution is 2.27. The second-order valence-corrected chi connectivity index (χ2v) is 9.32. The molecule has 1 unspecified atom stereocenters. The number of carbonyl (C=O) groups excluding carboxylic acids is 1. The van der Waals surface area contributed by atoms with Crippen molar-refractivity contribution in [1.29, 1.82) is 0 Å². The molecule has 0 aliphatic heterocycles. The van der Waals surface area contributed by atoms with Gasteiger partial charge < -0.3 is 5.11 Å². The molecule has 0 spiro atoms. The van der Waals surface area contributed by atoms with Crippen LogP contribution in [0.15, 0.2) is 59.5 Å². The molecule has 0 radical (unpaired) electrons. The second-order valence-electron chi connectivity index (χ2n) is 9.32. The van der Waals surface area contributed by atoms with Crippen molar-refractivity contribution in [2.75, 3.05) is 0 Å². The Balaban J connectivity index is 1.64. The highest BCUT2D eigenvalue weighted by Gasteiger charge is 2.26. The third kappa shape index (κ3) is 4.76. The van der Waals surface area contributed by atoms with E-state index < -0.39 is 5.97 Å². The first-order valence-corrected chi connectivity index (χ1v) is 12.2. The average molecular weight is 461 g/mol. The lowest BCUT2D eigenvalue weighted by Gasteiger charge is -2.19. The van der Waals surface area contributed by atoms with Crippen LogP contribution in [-0.4, -0.2) is 26.1 Å². The van der Waals surface area contributed by atoms with Gasteiger partial charge >= 0.3 is 11.7 Å². The van der Waals surface area contributed by atoms with Gasteiger partial charge in [-0.2, -0.15) is 0 Å². The maximum Gasteiger partial charge on any atom is 0.336 e. The number of carboxylic acid groups (broad SMARTS) is 1. The van der Waals surface area contributed by atoms with E-state index in [0.29, 0.717) is 12.1 Å². The zero-order valence-corrected chi connectivity index (χ0v) is 19.9. The van der Waals surface area contributed by atoms with Gasteiger partial charge in [-0.05, 0) is 47.9 Å². The molecular weight excluding hydrogens is 428 g/mol. The Hall–Kier alpha value is -3.41. The highest BCUT2D eigenvalue weighted by molar-refractivity contribution is 5.96. The van der Waals surface area contributed by atoms with Crippen molar-refractivity contribution in [2.45, 2.75) is 64.8 Å². The minimum Gasteiger partial charge on any atom is -0.478 e. The summed E-state index contributed by atoms with van der Waals surface area (Å²) in [6.07, 6.45) is 7.58. The van der Waals surface area contributed by atoms with Crippen molar-refractivity contribution in [3.63, 3.8) is 0 Å². The molecule has 1 aliphatic carbocycles. The van der Waals surface area contributed by atoms with E-state index in [4.69, 9.17) is 0 Å². The SMILES string of the molecule is CCC(C)c1cn(C(=O)C2CCCCC2)c(=O)n1Cc1ccc(-c2ccccc2C(=O)O)cc1. The van der Waals surface area contributed by atoms with E-state index >= 15 is 0 Å². The van der Waals surface area contributed by atoms with Crippen molar-refractivity contribution in [3.05, 3.63) is 82.0 Å². The minimum atomic E-state index is -0.964. The van der Waals surface area contributed by atoms with Crippen LogP contribution in [0.1, 0.15) is 84.7 Å². The Morgan fingerprint density at radius 3 is 2.35 bits per heavy atom. The number of carboxylic acids is 1. The van der Waals surface area contributed by atoms with Gasteiger partial charge in [0.2, 0.25) is 5.91 Å². The van der Waals surface area contributed by atoms with Crippen LogP contribution in [0, 0.1) is 5.92 Å². The monoisotopic (exact) mass is 460 g/mol. The molecule has 1 aliphatic rings. The quantitative estimate of drug-likeness (QED) is 0.483. The summed E-state index contributed by atoms with van der Waals surface area (Å²) in [5, 5.41) is 9.49. The largest absolute Gasteiger partial charge is 0.478 e. The molecule has 3 aromatic rings. The molecule has 1 atom stereocenters. The zero-order valence-electron chi connectivity index (χ0n) is 19.9. The molecule has 1 aromatic heterocycles. The van der Waals surface area contributed by atoms with Gasteiger partial charge in [-0.15, -0.1) is 0 Å². The van der Waals surface area contributed by atoms with Gasteiger partial charge in [-0.25, -0.2) is 14.2 Å². The Labute approximate surface area is 199 Å². The van der Waals surface area contributed by atoms with Crippen LogP contribution >= 0.6 is 0 Å². The Morgan fingerprint density at radius 2 is 1.71 bits per heavy atom. The van der Waals surface area contributed by atoms with E-state index in [1.54, 1.807) is 29.0 Å². The lowest BCUT2D eigenvalue weighted by atomic mass is 9.88. The first-order chi connectivity index (χ1) is 16.4. The first kappa shape index (κ1) is 23.7. The number of aromatic nitrogens is 2. The molecule has 1 fully saturated rings. The number of carbonyl (C=O) groups is 2. The topological polar surface area (TPSA) is 81.3 Å². The summed E-state index contributed by atoms with van der Waals surface area (Å²) in [7, 11) is 0. The lowest BCUT2D eigenvalue weighted by Crippen LogP contribution is -2.34. The summed E-state index contributed by atoms with van der Waals surface area (Å²) in [6, 6.07) is 14.5. The predicted octanol–water partition coefficient (Wildman–Crippen LogP) is 5.80. The summed E-state index contributed by atoms with van der Waals surface area (Å²) in [6.45, 7) is 4.52. The van der Waals surface area contributed by atoms with Crippen molar-refractivity contribution >= 4 is 11.9 Å². The molecule has 1 heterocycles. The summed E-state index contributed by atoms with van der Waals surface area (Å²) in [4.78, 5) is 38.1. The normalized spacial score (nSPS) is 15.2. The van der Waals surface area contributed by atoms with Gasteiger partial charge in [-0.1, -0.05) is 75.6 Å². The number of imidazole rings is 1. The molecule has 2 aromatic carbocycles. The van der Waals surface area contributed by atoms with Crippen LogP contribution in [0.25, 0.3) is 11.1 Å². The maximum atomic E-state index is 13.3. The molecule has 0 amide bonds. The fraction of sp³-hybridized carbons (Fsp3) is 0.393. The summed E-state index contributed by atoms with van der Waals surface area (Å²) >= 11 is 0. The van der Waals surface area contributed by atoms with E-state index in [0.717, 1.165) is 55.3 Å². The van der Waals surface area contributed by atoms with Crippen molar-refractivity contribution in [1.82, 2.24) is 9.13 Å². The van der Waals surface area contributed by atoms with Crippen molar-refractivity contribution in [2.24, 2.45) is 5.92 Å². The average Bonchev–Trinajstić information content (AvgIpc) is 3.19. The first-order valence-electron chi connectivity index (χ1n) is 12.2. The number of hydrogen-bond donors (Lipinski definition) is 1. The van der Waals surface area contributed by atoms with E-state index in [2.05, 4.69) is 13.8 Å². The molecule has 34 heavy (non-hydrogen) atoms. The maximum absolute atomic E-state index is 13.3. The van der Waals surface area contributed by atoms with Crippen LogP contribution in [-0.2, 0) is 6.54 Å². The number of benzene rings is 2. The number of nitrogens with zero attached hydrogens (tertiary/aromatic N) is 2. The van der Waals surface area contributed by atoms with E-state index in [9.17, 15) is 19.5 Å². The fourth-order valence-electron chi connectivity index (χ4n) is 4.86. The van der Waals surface area contributed by atoms with Crippen LogP contribution in [0.2, 0.25) is 0 Å². The smallest absolute Gasteiger partial charge is 0.336 e. The Kier molecular flexibility index (Phi) is 7.15. The third-order valence-electron chi connectivity index (χ3n) is 7.08. The van der Waals surface area contributed by atoms with Crippen molar-refractivity contribution < 1.29 is 14.7 Å². The third-order valence-corrected chi connectivity index (χ3v) is 7.08. The van der Waals surface area contributed by atoms with Gasteiger partial charge in [0.05, 0.1) is 12.1 Å². The summed E-state index contributed by atoms with van der Waals surface area (Å²) < 4.78 is 3.06. The van der Waals surface area contributed by atoms with Gasteiger partial charge in [0.15, 0.2) is 0 Å². The molecular formula is C28H32N2O4. The van der Waals surface area contributed by atoms with Gasteiger partial charge in [0, 0.05) is 17.8 Å². The molecule has 6 heteroatoms. The van der Waals surface area contributed by atoms with E-state index in [-0.39, 0.29) is 29.0 Å². The Morgan fingerprint density at radius 1 is 1.03 bits per heavy atom. The molecule has 1 N–H and O–H groups in total.